The average Bonchev–Trinajstić information content (AvgIpc) is 3.27. The van der Waals surface area contributed by atoms with Gasteiger partial charge in [-0.25, -0.2) is 0 Å². The Hall–Kier alpha value is -1.63. The molecule has 0 unspecified atom stereocenters. The molecule has 7 heteroatoms. The average molecular weight is 297 g/mol. The largest absolute Gasteiger partial charge is 0.481 e. The molecule has 2 saturated carbocycles. The monoisotopic (exact) mass is 297 g/mol. The van der Waals surface area contributed by atoms with Crippen molar-refractivity contribution in [2.75, 3.05) is 0 Å². The first-order valence-electron chi connectivity index (χ1n) is 7.46. The van der Waals surface area contributed by atoms with E-state index in [2.05, 4.69) is 10.6 Å². The summed E-state index contributed by atoms with van der Waals surface area (Å²) in [6.45, 7) is 1.58. The minimum Gasteiger partial charge on any atom is -0.481 e. The van der Waals surface area contributed by atoms with E-state index >= 15 is 0 Å². The number of carbonyl (C=O) groups is 3. The number of carbonyl (C=O) groups excluding carboxylic acids is 2. The van der Waals surface area contributed by atoms with E-state index in [1.807, 2.05) is 0 Å². The van der Waals surface area contributed by atoms with Crippen molar-refractivity contribution in [1.29, 1.82) is 0 Å². The van der Waals surface area contributed by atoms with E-state index in [9.17, 15) is 14.4 Å². The third-order valence-corrected chi connectivity index (χ3v) is 4.05. The van der Waals surface area contributed by atoms with Gasteiger partial charge in [0.1, 0.15) is 6.04 Å². The van der Waals surface area contributed by atoms with Gasteiger partial charge in [0.05, 0.1) is 12.5 Å². The van der Waals surface area contributed by atoms with Crippen LogP contribution in [0.5, 0.6) is 0 Å². The lowest BCUT2D eigenvalue weighted by Gasteiger charge is -2.22. The van der Waals surface area contributed by atoms with E-state index < -0.39 is 30.4 Å². The predicted molar refractivity (Wildman–Crippen MR) is 75.2 cm³/mol. The summed E-state index contributed by atoms with van der Waals surface area (Å²) in [5, 5.41) is 14.1. The third-order valence-electron chi connectivity index (χ3n) is 4.05. The van der Waals surface area contributed by atoms with Gasteiger partial charge in [-0.1, -0.05) is 0 Å². The van der Waals surface area contributed by atoms with E-state index in [1.165, 1.54) is 0 Å². The van der Waals surface area contributed by atoms with Crippen LogP contribution in [0.4, 0.5) is 0 Å². The number of hydrogen-bond donors (Lipinski definition) is 4. The summed E-state index contributed by atoms with van der Waals surface area (Å²) in [7, 11) is 0. The van der Waals surface area contributed by atoms with Gasteiger partial charge in [-0.3, -0.25) is 14.4 Å². The second-order valence-electron chi connectivity index (χ2n) is 6.14. The van der Waals surface area contributed by atoms with Crippen LogP contribution in [0.3, 0.4) is 0 Å². The van der Waals surface area contributed by atoms with E-state index in [4.69, 9.17) is 10.8 Å². The molecule has 118 valence electrons. The maximum absolute atomic E-state index is 12.1. The summed E-state index contributed by atoms with van der Waals surface area (Å²) in [6.07, 6.45) is 4.18. The van der Waals surface area contributed by atoms with Gasteiger partial charge >= 0.3 is 5.97 Å². The van der Waals surface area contributed by atoms with Gasteiger partial charge < -0.3 is 21.5 Å². The first kappa shape index (κ1) is 15.8. The Morgan fingerprint density at radius 2 is 1.62 bits per heavy atom. The van der Waals surface area contributed by atoms with Crippen molar-refractivity contribution in [3.63, 3.8) is 0 Å². The van der Waals surface area contributed by atoms with Crippen LogP contribution in [0.25, 0.3) is 0 Å². The highest BCUT2D eigenvalue weighted by atomic mass is 16.4. The molecule has 0 aromatic carbocycles. The predicted octanol–water partition coefficient (Wildman–Crippen LogP) is -0.402. The zero-order valence-corrected chi connectivity index (χ0v) is 12.2. The first-order chi connectivity index (χ1) is 9.88. The van der Waals surface area contributed by atoms with E-state index in [1.54, 1.807) is 6.92 Å². The van der Waals surface area contributed by atoms with Crippen LogP contribution >= 0.6 is 0 Å². The van der Waals surface area contributed by atoms with Crippen molar-refractivity contribution in [2.24, 2.45) is 17.6 Å². The molecule has 0 radical (unpaired) electrons. The van der Waals surface area contributed by atoms with Crippen molar-refractivity contribution < 1.29 is 19.5 Å². The Kier molecular flexibility index (Phi) is 4.82. The van der Waals surface area contributed by atoms with Gasteiger partial charge in [0, 0.05) is 6.04 Å². The first-order valence-corrected chi connectivity index (χ1v) is 7.46. The fraction of sp³-hybridized carbons (Fsp3) is 0.786. The van der Waals surface area contributed by atoms with Gasteiger partial charge in [0.15, 0.2) is 0 Å². The van der Waals surface area contributed by atoms with Crippen LogP contribution < -0.4 is 16.4 Å². The van der Waals surface area contributed by atoms with Crippen molar-refractivity contribution in [3.05, 3.63) is 0 Å². The molecule has 2 aliphatic rings. The molecule has 0 aromatic heterocycles. The van der Waals surface area contributed by atoms with Gasteiger partial charge in [-0.15, -0.1) is 0 Å². The van der Waals surface area contributed by atoms with Crippen molar-refractivity contribution in [2.45, 2.75) is 57.2 Å². The van der Waals surface area contributed by atoms with Gasteiger partial charge in [-0.05, 0) is 44.4 Å². The molecule has 0 aromatic rings. The maximum Gasteiger partial charge on any atom is 0.305 e. The molecule has 0 heterocycles. The van der Waals surface area contributed by atoms with Crippen molar-refractivity contribution in [3.8, 4) is 0 Å². The number of carboxylic acid groups (broad SMARTS) is 1. The summed E-state index contributed by atoms with van der Waals surface area (Å²) in [5.41, 5.74) is 5.46. The molecule has 2 rings (SSSR count). The molecule has 2 atom stereocenters. The highest BCUT2D eigenvalue weighted by Gasteiger charge is 2.42. The van der Waals surface area contributed by atoms with Gasteiger partial charge in [0.25, 0.3) is 0 Å². The number of amides is 2. The fourth-order valence-corrected chi connectivity index (χ4v) is 2.49. The Bertz CT molecular complexity index is 420. The lowest BCUT2D eigenvalue weighted by molar-refractivity contribution is -0.139. The number of nitrogens with two attached hydrogens (primary N) is 1. The van der Waals surface area contributed by atoms with Crippen molar-refractivity contribution >= 4 is 17.8 Å². The van der Waals surface area contributed by atoms with Crippen LogP contribution in [-0.2, 0) is 14.4 Å². The molecule has 21 heavy (non-hydrogen) atoms. The van der Waals surface area contributed by atoms with Crippen LogP contribution in [-0.4, -0.2) is 41.0 Å². The number of aliphatic carboxylic acids is 1. The number of rotatable bonds is 8. The third kappa shape index (κ3) is 4.70. The second kappa shape index (κ2) is 6.43. The molecule has 2 amide bonds. The van der Waals surface area contributed by atoms with Crippen LogP contribution in [0, 0.1) is 11.8 Å². The Morgan fingerprint density at radius 1 is 1.10 bits per heavy atom. The summed E-state index contributed by atoms with van der Waals surface area (Å²) < 4.78 is 0. The highest BCUT2D eigenvalue weighted by molar-refractivity contribution is 5.91. The topological polar surface area (TPSA) is 122 Å². The molecule has 2 fully saturated rings. The normalized spacial score (nSPS) is 20.7. The van der Waals surface area contributed by atoms with Crippen LogP contribution in [0.1, 0.15) is 39.0 Å². The van der Waals surface area contributed by atoms with Crippen LogP contribution in [0.15, 0.2) is 0 Å². The lowest BCUT2D eigenvalue weighted by Crippen LogP contribution is -2.53. The zero-order valence-electron chi connectivity index (χ0n) is 12.2. The standard InChI is InChI=1S/C14H23N3O4/c1-7(16-14(21)10(15)6-11(18)19)13(20)17-12(8-2-3-8)9-4-5-9/h7-10,12H,2-6,15H2,1H3,(H,16,21)(H,17,20)(H,18,19)/t7-,10-/m0/s1. The summed E-state index contributed by atoms with van der Waals surface area (Å²) in [4.78, 5) is 34.3. The molecular weight excluding hydrogens is 274 g/mol. The highest BCUT2D eigenvalue weighted by Crippen LogP contribution is 2.44. The molecule has 5 N–H and O–H groups in total. The minimum absolute atomic E-state index is 0.226. The molecule has 2 aliphatic carbocycles. The smallest absolute Gasteiger partial charge is 0.305 e. The number of hydrogen-bond acceptors (Lipinski definition) is 4. The van der Waals surface area contributed by atoms with E-state index in [-0.39, 0.29) is 11.9 Å². The SMILES string of the molecule is C[C@H](NC(=O)[C@@H](N)CC(=O)O)C(=O)NC(C1CC1)C1CC1. The fourth-order valence-electron chi connectivity index (χ4n) is 2.49. The summed E-state index contributed by atoms with van der Waals surface area (Å²) in [5.74, 6) is -0.821. The number of nitrogens with one attached hydrogen (secondary N) is 2. The van der Waals surface area contributed by atoms with Crippen LogP contribution in [0.2, 0.25) is 0 Å². The molecule has 0 saturated heterocycles. The lowest BCUT2D eigenvalue weighted by atomic mass is 10.1. The van der Waals surface area contributed by atoms with Gasteiger partial charge in [0.2, 0.25) is 11.8 Å². The molecule has 0 aliphatic heterocycles. The molecule has 0 spiro atoms. The number of carboxylic acids is 1. The molecular formula is C14H23N3O4. The maximum atomic E-state index is 12.1. The summed E-state index contributed by atoms with van der Waals surface area (Å²) >= 11 is 0. The second-order valence-corrected chi connectivity index (χ2v) is 6.14. The quantitative estimate of drug-likeness (QED) is 0.485. The molecule has 0 bridgehead atoms. The summed E-state index contributed by atoms with van der Waals surface area (Å²) in [6, 6.07) is -1.62. The van der Waals surface area contributed by atoms with Crippen molar-refractivity contribution in [1.82, 2.24) is 10.6 Å². The Labute approximate surface area is 123 Å². The molecule has 7 nitrogen and oxygen atoms in total. The minimum atomic E-state index is -1.14. The Morgan fingerprint density at radius 3 is 2.05 bits per heavy atom. The van der Waals surface area contributed by atoms with Gasteiger partial charge in [-0.2, -0.15) is 0 Å². The Balaban J connectivity index is 1.78. The van der Waals surface area contributed by atoms with E-state index in [0.29, 0.717) is 11.8 Å². The van der Waals surface area contributed by atoms with E-state index in [0.717, 1.165) is 25.7 Å². The zero-order chi connectivity index (χ0) is 15.6.